The molecule has 6 heteroatoms. The minimum Gasteiger partial charge on any atom is -0.335 e. The smallest absolute Gasteiger partial charge is 0.315 e. The molecule has 1 heterocycles. The Morgan fingerprint density at radius 3 is 2.70 bits per heavy atom. The normalized spacial score (nSPS) is 18.6. The second-order valence-electron chi connectivity index (χ2n) is 6.83. The summed E-state index contributed by atoms with van der Waals surface area (Å²) in [6.07, 6.45) is 3.54. The van der Waals surface area contributed by atoms with Crippen molar-refractivity contribution in [3.63, 3.8) is 0 Å². The van der Waals surface area contributed by atoms with Crippen LogP contribution in [0.4, 0.5) is 9.18 Å². The Morgan fingerprint density at radius 2 is 1.93 bits per heavy atom. The molecule has 0 bridgehead atoms. The van der Waals surface area contributed by atoms with E-state index >= 15 is 0 Å². The van der Waals surface area contributed by atoms with Crippen LogP contribution in [0.25, 0.3) is 5.69 Å². The topological polar surface area (TPSA) is 59.0 Å². The SMILES string of the molecule is O=C(NCc1ccn(-c2ccccc2)n1)NC1CC(c2cccc(F)c2)C1. The Bertz CT molecular complexity index is 919. The average Bonchev–Trinajstić information content (AvgIpc) is 3.12. The molecule has 1 saturated carbocycles. The zero-order valence-corrected chi connectivity index (χ0v) is 14.8. The summed E-state index contributed by atoms with van der Waals surface area (Å²) in [5.74, 6) is 0.101. The summed E-state index contributed by atoms with van der Waals surface area (Å²) in [7, 11) is 0. The number of aromatic nitrogens is 2. The van der Waals surface area contributed by atoms with Gasteiger partial charge in [-0.2, -0.15) is 5.10 Å². The van der Waals surface area contributed by atoms with E-state index in [4.69, 9.17) is 0 Å². The van der Waals surface area contributed by atoms with Crippen LogP contribution in [0.5, 0.6) is 0 Å². The molecule has 27 heavy (non-hydrogen) atoms. The lowest BCUT2D eigenvalue weighted by Crippen LogP contribution is -2.47. The highest BCUT2D eigenvalue weighted by Gasteiger charge is 2.31. The van der Waals surface area contributed by atoms with Gasteiger partial charge >= 0.3 is 6.03 Å². The summed E-state index contributed by atoms with van der Waals surface area (Å²) in [5, 5.41) is 10.3. The van der Waals surface area contributed by atoms with E-state index in [-0.39, 0.29) is 17.9 Å². The lowest BCUT2D eigenvalue weighted by atomic mass is 9.76. The van der Waals surface area contributed by atoms with Gasteiger partial charge in [0.25, 0.3) is 0 Å². The molecule has 0 radical (unpaired) electrons. The fourth-order valence-corrected chi connectivity index (χ4v) is 3.36. The molecule has 0 aliphatic heterocycles. The van der Waals surface area contributed by atoms with Gasteiger partial charge in [-0.15, -0.1) is 0 Å². The van der Waals surface area contributed by atoms with Crippen molar-refractivity contribution >= 4 is 6.03 Å². The van der Waals surface area contributed by atoms with Crippen molar-refractivity contribution in [3.8, 4) is 5.69 Å². The fourth-order valence-electron chi connectivity index (χ4n) is 3.36. The number of halogens is 1. The number of carbonyl (C=O) groups is 1. The van der Waals surface area contributed by atoms with Crippen molar-refractivity contribution in [2.24, 2.45) is 0 Å². The summed E-state index contributed by atoms with van der Waals surface area (Å²) in [6, 6.07) is 18.3. The molecule has 1 fully saturated rings. The number of nitrogens with zero attached hydrogens (tertiary/aromatic N) is 2. The maximum absolute atomic E-state index is 13.3. The maximum atomic E-state index is 13.3. The van der Waals surface area contributed by atoms with Crippen LogP contribution in [-0.4, -0.2) is 21.9 Å². The van der Waals surface area contributed by atoms with E-state index in [0.717, 1.165) is 29.8 Å². The third kappa shape index (κ3) is 4.16. The van der Waals surface area contributed by atoms with Crippen LogP contribution in [0, 0.1) is 5.82 Å². The van der Waals surface area contributed by atoms with Gasteiger partial charge in [-0.05, 0) is 54.7 Å². The third-order valence-corrected chi connectivity index (χ3v) is 4.89. The van der Waals surface area contributed by atoms with Gasteiger partial charge in [0.05, 0.1) is 17.9 Å². The van der Waals surface area contributed by atoms with E-state index in [1.807, 2.05) is 48.7 Å². The summed E-state index contributed by atoms with van der Waals surface area (Å²) in [6.45, 7) is 0.367. The van der Waals surface area contributed by atoms with Crippen LogP contribution < -0.4 is 10.6 Å². The van der Waals surface area contributed by atoms with E-state index in [2.05, 4.69) is 15.7 Å². The van der Waals surface area contributed by atoms with Gasteiger partial charge in [-0.1, -0.05) is 30.3 Å². The number of rotatable bonds is 5. The van der Waals surface area contributed by atoms with Gasteiger partial charge in [0.2, 0.25) is 0 Å². The molecule has 5 nitrogen and oxygen atoms in total. The zero-order valence-electron chi connectivity index (χ0n) is 14.8. The number of benzene rings is 2. The molecule has 2 N–H and O–H groups in total. The lowest BCUT2D eigenvalue weighted by molar-refractivity contribution is 0.222. The first-order valence-corrected chi connectivity index (χ1v) is 9.07. The van der Waals surface area contributed by atoms with Crippen molar-refractivity contribution in [3.05, 3.63) is 83.9 Å². The van der Waals surface area contributed by atoms with Crippen LogP contribution in [0.2, 0.25) is 0 Å². The van der Waals surface area contributed by atoms with Gasteiger partial charge in [0, 0.05) is 12.2 Å². The lowest BCUT2D eigenvalue weighted by Gasteiger charge is -2.36. The predicted octanol–water partition coefficient (Wildman–Crippen LogP) is 3.76. The Morgan fingerprint density at radius 1 is 1.11 bits per heavy atom. The first kappa shape index (κ1) is 17.3. The van der Waals surface area contributed by atoms with Crippen molar-refractivity contribution < 1.29 is 9.18 Å². The Labute approximate surface area is 157 Å². The van der Waals surface area contributed by atoms with Crippen molar-refractivity contribution in [1.29, 1.82) is 0 Å². The highest BCUT2D eigenvalue weighted by molar-refractivity contribution is 5.74. The number of para-hydroxylation sites is 1. The Kier molecular flexibility index (Phi) is 4.87. The number of amides is 2. The summed E-state index contributed by atoms with van der Waals surface area (Å²) in [5.41, 5.74) is 2.77. The van der Waals surface area contributed by atoms with Gasteiger partial charge < -0.3 is 10.6 Å². The van der Waals surface area contributed by atoms with Gasteiger partial charge in [0.1, 0.15) is 5.82 Å². The maximum Gasteiger partial charge on any atom is 0.315 e. The molecule has 0 spiro atoms. The number of nitrogens with one attached hydrogen (secondary N) is 2. The van der Waals surface area contributed by atoms with E-state index < -0.39 is 0 Å². The molecular formula is C21H21FN4O. The standard InChI is InChI=1S/C21H21FN4O/c22-17-6-4-5-15(11-17)16-12-19(13-16)24-21(27)23-14-18-9-10-26(25-18)20-7-2-1-3-8-20/h1-11,16,19H,12-14H2,(H2,23,24,27). The molecule has 1 aliphatic carbocycles. The van der Waals surface area contributed by atoms with Crippen molar-refractivity contribution in [2.75, 3.05) is 0 Å². The molecule has 2 amide bonds. The summed E-state index contributed by atoms with van der Waals surface area (Å²) < 4.78 is 15.1. The Hall–Kier alpha value is -3.15. The molecule has 1 aromatic heterocycles. The second-order valence-corrected chi connectivity index (χ2v) is 6.83. The van der Waals surface area contributed by atoms with E-state index in [1.54, 1.807) is 16.8 Å². The number of carbonyl (C=O) groups excluding carboxylic acids is 1. The summed E-state index contributed by atoms with van der Waals surface area (Å²) in [4.78, 5) is 12.1. The number of hydrogen-bond donors (Lipinski definition) is 2. The van der Waals surface area contributed by atoms with Crippen molar-refractivity contribution in [1.82, 2.24) is 20.4 Å². The average molecular weight is 364 g/mol. The zero-order chi connectivity index (χ0) is 18.6. The predicted molar refractivity (Wildman–Crippen MR) is 101 cm³/mol. The van der Waals surface area contributed by atoms with Gasteiger partial charge in [-0.25, -0.2) is 13.9 Å². The molecule has 2 aromatic carbocycles. The van der Waals surface area contributed by atoms with Gasteiger partial charge in [-0.3, -0.25) is 0 Å². The Balaban J connectivity index is 1.22. The number of hydrogen-bond acceptors (Lipinski definition) is 2. The van der Waals surface area contributed by atoms with Crippen LogP contribution in [0.3, 0.4) is 0 Å². The monoisotopic (exact) mass is 364 g/mol. The molecule has 0 saturated heterocycles. The quantitative estimate of drug-likeness (QED) is 0.724. The first-order valence-electron chi connectivity index (χ1n) is 9.07. The highest BCUT2D eigenvalue weighted by atomic mass is 19.1. The largest absolute Gasteiger partial charge is 0.335 e. The second kappa shape index (κ2) is 7.61. The van der Waals surface area contributed by atoms with Crippen LogP contribution >= 0.6 is 0 Å². The van der Waals surface area contributed by atoms with Crippen LogP contribution in [0.1, 0.15) is 30.0 Å². The number of urea groups is 1. The van der Waals surface area contributed by atoms with E-state index in [0.29, 0.717) is 12.5 Å². The molecule has 1 aliphatic rings. The molecule has 3 aromatic rings. The van der Waals surface area contributed by atoms with Crippen LogP contribution in [-0.2, 0) is 6.54 Å². The molecule has 0 atom stereocenters. The molecular weight excluding hydrogens is 343 g/mol. The molecule has 0 unspecified atom stereocenters. The minimum atomic E-state index is -0.211. The van der Waals surface area contributed by atoms with E-state index in [9.17, 15) is 9.18 Å². The minimum absolute atomic E-state index is 0.125. The van der Waals surface area contributed by atoms with Crippen LogP contribution in [0.15, 0.2) is 66.9 Å². The fraction of sp³-hybridized carbons (Fsp3) is 0.238. The molecule has 138 valence electrons. The third-order valence-electron chi connectivity index (χ3n) is 4.89. The first-order chi connectivity index (χ1) is 13.2. The van der Waals surface area contributed by atoms with Crippen molar-refractivity contribution in [2.45, 2.75) is 31.3 Å². The highest BCUT2D eigenvalue weighted by Crippen LogP contribution is 2.36. The molecule has 4 rings (SSSR count). The van der Waals surface area contributed by atoms with E-state index in [1.165, 1.54) is 6.07 Å². The van der Waals surface area contributed by atoms with Gasteiger partial charge in [0.15, 0.2) is 0 Å². The summed E-state index contributed by atoms with van der Waals surface area (Å²) >= 11 is 0.